The average molecular weight is 282 g/mol. The first-order valence-electron chi connectivity index (χ1n) is 6.38. The maximum Gasteiger partial charge on any atom is 0.337 e. The zero-order valence-electron chi connectivity index (χ0n) is 11.8. The van der Waals surface area contributed by atoms with Crippen LogP contribution in [0, 0.1) is 25.2 Å². The lowest BCUT2D eigenvalue weighted by Crippen LogP contribution is -2.24. The SMILES string of the molecule is Cc1cc(=O)n(-c2ccc(CC#N)cc2)c(C)c1C(=O)O. The third-order valence-electron chi connectivity index (χ3n) is 3.34. The molecule has 0 aliphatic heterocycles. The smallest absolute Gasteiger partial charge is 0.337 e. The van der Waals surface area contributed by atoms with E-state index in [1.165, 1.54) is 10.6 Å². The molecular weight excluding hydrogens is 268 g/mol. The standard InChI is InChI=1S/C16H14N2O3/c1-10-9-14(19)18(11(2)15(10)16(20)21)13-5-3-12(4-6-13)7-8-17/h3-6,9H,7H2,1-2H3,(H,20,21). The summed E-state index contributed by atoms with van der Waals surface area (Å²) in [6.45, 7) is 3.22. The summed E-state index contributed by atoms with van der Waals surface area (Å²) in [6, 6.07) is 10.3. The lowest BCUT2D eigenvalue weighted by Gasteiger charge is -2.14. The first kappa shape index (κ1) is 14.5. The molecule has 1 N–H and O–H groups in total. The molecule has 0 atom stereocenters. The molecule has 106 valence electrons. The van der Waals surface area contributed by atoms with Crippen molar-refractivity contribution in [2.24, 2.45) is 0 Å². The number of hydrogen-bond donors (Lipinski definition) is 1. The average Bonchev–Trinajstić information content (AvgIpc) is 2.40. The molecule has 2 aromatic rings. The molecule has 0 radical (unpaired) electrons. The maximum atomic E-state index is 12.2. The molecule has 0 saturated heterocycles. The van der Waals surface area contributed by atoms with Gasteiger partial charge in [-0.15, -0.1) is 0 Å². The Labute approximate surface area is 121 Å². The van der Waals surface area contributed by atoms with Crippen LogP contribution in [0.3, 0.4) is 0 Å². The fraction of sp³-hybridized carbons (Fsp3) is 0.188. The minimum Gasteiger partial charge on any atom is -0.478 e. The minimum absolute atomic E-state index is 0.135. The van der Waals surface area contributed by atoms with E-state index in [0.717, 1.165) is 5.56 Å². The quantitative estimate of drug-likeness (QED) is 0.935. The maximum absolute atomic E-state index is 12.2. The van der Waals surface area contributed by atoms with Crippen molar-refractivity contribution in [1.29, 1.82) is 5.26 Å². The van der Waals surface area contributed by atoms with Gasteiger partial charge in [-0.3, -0.25) is 9.36 Å². The van der Waals surface area contributed by atoms with Gasteiger partial charge in [0.05, 0.1) is 18.1 Å². The molecule has 1 heterocycles. The highest BCUT2D eigenvalue weighted by Gasteiger charge is 2.16. The molecule has 0 amide bonds. The fourth-order valence-electron chi connectivity index (χ4n) is 2.38. The number of carboxylic acid groups (broad SMARTS) is 1. The predicted molar refractivity (Wildman–Crippen MR) is 77.8 cm³/mol. The van der Waals surface area contributed by atoms with Gasteiger partial charge in [0.15, 0.2) is 0 Å². The van der Waals surface area contributed by atoms with Gasteiger partial charge in [-0.2, -0.15) is 5.26 Å². The lowest BCUT2D eigenvalue weighted by molar-refractivity contribution is 0.0694. The summed E-state index contributed by atoms with van der Waals surface area (Å²) in [6.07, 6.45) is 0.294. The van der Waals surface area contributed by atoms with Gasteiger partial charge in [-0.1, -0.05) is 12.1 Å². The van der Waals surface area contributed by atoms with Crippen LogP contribution in [0.25, 0.3) is 5.69 Å². The van der Waals surface area contributed by atoms with E-state index in [0.29, 0.717) is 23.4 Å². The molecule has 0 saturated carbocycles. The molecule has 0 bridgehead atoms. The number of nitrogens with zero attached hydrogens (tertiary/aromatic N) is 2. The molecule has 0 fully saturated rings. The minimum atomic E-state index is -1.06. The van der Waals surface area contributed by atoms with Gasteiger partial charge < -0.3 is 5.11 Å². The second kappa shape index (κ2) is 5.63. The van der Waals surface area contributed by atoms with Crippen LogP contribution in [0.1, 0.15) is 27.2 Å². The third-order valence-corrected chi connectivity index (χ3v) is 3.34. The van der Waals surface area contributed by atoms with Crippen LogP contribution in [-0.2, 0) is 6.42 Å². The summed E-state index contributed by atoms with van der Waals surface area (Å²) in [4.78, 5) is 23.5. The topological polar surface area (TPSA) is 83.1 Å². The second-order valence-corrected chi connectivity index (χ2v) is 4.77. The van der Waals surface area contributed by atoms with Crippen molar-refractivity contribution in [3.05, 3.63) is 63.1 Å². The van der Waals surface area contributed by atoms with E-state index in [2.05, 4.69) is 6.07 Å². The number of aromatic carboxylic acids is 1. The van der Waals surface area contributed by atoms with Gasteiger partial charge in [0.25, 0.3) is 5.56 Å². The highest BCUT2D eigenvalue weighted by atomic mass is 16.4. The summed E-state index contributed by atoms with van der Waals surface area (Å²) >= 11 is 0. The van der Waals surface area contributed by atoms with E-state index in [1.807, 2.05) is 0 Å². The van der Waals surface area contributed by atoms with Gasteiger partial charge in [0.1, 0.15) is 0 Å². The third kappa shape index (κ3) is 2.70. The van der Waals surface area contributed by atoms with Gasteiger partial charge in [0.2, 0.25) is 0 Å². The number of rotatable bonds is 3. The van der Waals surface area contributed by atoms with Crippen LogP contribution >= 0.6 is 0 Å². The first-order chi connectivity index (χ1) is 9.95. The summed E-state index contributed by atoms with van der Waals surface area (Å²) in [7, 11) is 0. The number of carbonyl (C=O) groups is 1. The summed E-state index contributed by atoms with van der Waals surface area (Å²) < 4.78 is 1.37. The summed E-state index contributed by atoms with van der Waals surface area (Å²) in [5.41, 5.74) is 2.13. The van der Waals surface area contributed by atoms with E-state index in [9.17, 15) is 14.7 Å². The number of benzene rings is 1. The van der Waals surface area contributed by atoms with Crippen LogP contribution in [0.4, 0.5) is 0 Å². The number of aromatic nitrogens is 1. The number of carboxylic acids is 1. The fourth-order valence-corrected chi connectivity index (χ4v) is 2.38. The molecule has 2 rings (SSSR count). The van der Waals surface area contributed by atoms with Crippen molar-refractivity contribution in [3.8, 4) is 11.8 Å². The first-order valence-corrected chi connectivity index (χ1v) is 6.38. The van der Waals surface area contributed by atoms with Crippen molar-refractivity contribution in [2.75, 3.05) is 0 Å². The highest BCUT2D eigenvalue weighted by molar-refractivity contribution is 5.90. The molecule has 0 spiro atoms. The molecule has 1 aromatic heterocycles. The Morgan fingerprint density at radius 2 is 1.90 bits per heavy atom. The number of aryl methyl sites for hydroxylation is 1. The Hall–Kier alpha value is -2.87. The zero-order chi connectivity index (χ0) is 15.6. The van der Waals surface area contributed by atoms with Crippen LogP contribution in [0.2, 0.25) is 0 Å². The number of pyridine rings is 1. The molecule has 0 unspecified atom stereocenters. The molecule has 1 aromatic carbocycles. The van der Waals surface area contributed by atoms with Gasteiger partial charge in [-0.25, -0.2) is 4.79 Å². The van der Waals surface area contributed by atoms with Crippen LogP contribution in [0.5, 0.6) is 0 Å². The van der Waals surface area contributed by atoms with Crippen molar-refractivity contribution < 1.29 is 9.90 Å². The highest BCUT2D eigenvalue weighted by Crippen LogP contribution is 2.16. The van der Waals surface area contributed by atoms with Gasteiger partial charge in [-0.05, 0) is 37.1 Å². The van der Waals surface area contributed by atoms with E-state index in [4.69, 9.17) is 5.26 Å². The van der Waals surface area contributed by atoms with Gasteiger partial charge in [0, 0.05) is 17.4 Å². The number of hydrogen-bond acceptors (Lipinski definition) is 3. The van der Waals surface area contributed by atoms with Crippen molar-refractivity contribution >= 4 is 5.97 Å². The molecule has 5 heteroatoms. The van der Waals surface area contributed by atoms with E-state index >= 15 is 0 Å². The Bertz CT molecular complexity index is 796. The van der Waals surface area contributed by atoms with E-state index < -0.39 is 5.97 Å². The molecule has 0 aliphatic rings. The van der Waals surface area contributed by atoms with Crippen molar-refractivity contribution in [1.82, 2.24) is 4.57 Å². The Balaban J connectivity index is 2.64. The van der Waals surface area contributed by atoms with Crippen molar-refractivity contribution in [3.63, 3.8) is 0 Å². The van der Waals surface area contributed by atoms with E-state index in [1.54, 1.807) is 38.1 Å². The van der Waals surface area contributed by atoms with Crippen LogP contribution < -0.4 is 5.56 Å². The normalized spacial score (nSPS) is 10.1. The van der Waals surface area contributed by atoms with Crippen LogP contribution in [0.15, 0.2) is 35.1 Å². The summed E-state index contributed by atoms with van der Waals surface area (Å²) in [5.74, 6) is -1.06. The lowest BCUT2D eigenvalue weighted by atomic mass is 10.1. The Morgan fingerprint density at radius 3 is 2.43 bits per heavy atom. The zero-order valence-corrected chi connectivity index (χ0v) is 11.8. The molecule has 5 nitrogen and oxygen atoms in total. The second-order valence-electron chi connectivity index (χ2n) is 4.77. The molecular formula is C16H14N2O3. The molecule has 21 heavy (non-hydrogen) atoms. The number of nitriles is 1. The monoisotopic (exact) mass is 282 g/mol. The predicted octanol–water partition coefficient (Wildman–Crippen LogP) is 2.22. The van der Waals surface area contributed by atoms with E-state index in [-0.39, 0.29) is 11.1 Å². The molecule has 0 aliphatic carbocycles. The Kier molecular flexibility index (Phi) is 3.90. The summed E-state index contributed by atoms with van der Waals surface area (Å²) in [5, 5.41) is 17.9. The van der Waals surface area contributed by atoms with Crippen molar-refractivity contribution in [2.45, 2.75) is 20.3 Å². The van der Waals surface area contributed by atoms with Crippen LogP contribution in [-0.4, -0.2) is 15.6 Å². The Morgan fingerprint density at radius 1 is 1.29 bits per heavy atom. The largest absolute Gasteiger partial charge is 0.478 e. The van der Waals surface area contributed by atoms with Gasteiger partial charge >= 0.3 is 5.97 Å².